The van der Waals surface area contributed by atoms with E-state index in [4.69, 9.17) is 45.8 Å². The molecule has 0 aromatic heterocycles. The van der Waals surface area contributed by atoms with E-state index in [0.717, 1.165) is 62.2 Å². The molecule has 6 N–H and O–H groups in total. The van der Waals surface area contributed by atoms with Crippen LogP contribution in [0.25, 0.3) is 0 Å². The zero-order valence-corrected chi connectivity index (χ0v) is 25.7. The number of nitrogens with one attached hydrogen (secondary N) is 2. The monoisotopic (exact) mass is 690 g/mol. The van der Waals surface area contributed by atoms with Gasteiger partial charge in [0.15, 0.2) is 0 Å². The van der Waals surface area contributed by atoms with E-state index in [9.17, 15) is 31.1 Å². The number of carboxylic acid groups (broad SMARTS) is 2. The minimum Gasteiger partial charge on any atom is -0.490 e. The number of halogens is 6. The molecule has 0 unspecified atom stereocenters. The van der Waals surface area contributed by atoms with E-state index in [0.29, 0.717) is 23.7 Å². The van der Waals surface area contributed by atoms with Crippen LogP contribution in [0.3, 0.4) is 0 Å². The number of amidine groups is 1. The van der Waals surface area contributed by atoms with E-state index in [-0.39, 0.29) is 24.0 Å². The highest BCUT2D eigenvalue weighted by Crippen LogP contribution is 2.29. The topological polar surface area (TPSA) is 187 Å². The number of aliphatic carboxylic acids is 2. The molecule has 0 spiro atoms. The second-order valence-electron chi connectivity index (χ2n) is 11.0. The van der Waals surface area contributed by atoms with Crippen molar-refractivity contribution in [2.75, 3.05) is 18.1 Å². The molecule has 264 valence electrons. The van der Waals surface area contributed by atoms with E-state index in [1.807, 2.05) is 43.3 Å². The Bertz CT molecular complexity index is 1400. The first-order valence-corrected chi connectivity index (χ1v) is 14.6. The van der Waals surface area contributed by atoms with Crippen molar-refractivity contribution < 1.29 is 60.4 Å². The zero-order chi connectivity index (χ0) is 36.2. The van der Waals surface area contributed by atoms with Crippen LogP contribution in [0.2, 0.25) is 0 Å². The number of nitrogens with two attached hydrogens (primary N) is 1. The fourth-order valence-corrected chi connectivity index (χ4v) is 4.93. The maximum atomic E-state index is 12.6. The number of anilines is 1. The van der Waals surface area contributed by atoms with Crippen molar-refractivity contribution in [1.29, 1.82) is 10.8 Å². The highest BCUT2D eigenvalue weighted by molar-refractivity contribution is 5.95. The van der Waals surface area contributed by atoms with Gasteiger partial charge in [-0.3, -0.25) is 5.41 Å². The van der Waals surface area contributed by atoms with Crippen molar-refractivity contribution in [3.8, 4) is 5.75 Å². The van der Waals surface area contributed by atoms with Crippen LogP contribution in [0.15, 0.2) is 48.5 Å². The van der Waals surface area contributed by atoms with Crippen molar-refractivity contribution in [2.45, 2.75) is 69.9 Å². The lowest BCUT2D eigenvalue weighted by atomic mass is 9.85. The average Bonchev–Trinajstić information content (AvgIpc) is 3.49. The van der Waals surface area contributed by atoms with E-state index in [1.54, 1.807) is 12.1 Å². The van der Waals surface area contributed by atoms with Gasteiger partial charge in [0.2, 0.25) is 0 Å². The van der Waals surface area contributed by atoms with Gasteiger partial charge in [0.05, 0.1) is 17.7 Å². The number of ether oxygens (including phenoxy) is 2. The molecule has 17 heteroatoms. The number of benzene rings is 2. The van der Waals surface area contributed by atoms with Gasteiger partial charge in [-0.25, -0.2) is 14.4 Å². The molecule has 4 rings (SSSR count). The molecular formula is C31H36F6N4O7. The molecule has 48 heavy (non-hydrogen) atoms. The lowest BCUT2D eigenvalue weighted by Crippen LogP contribution is -2.34. The summed E-state index contributed by atoms with van der Waals surface area (Å²) < 4.78 is 75.2. The van der Waals surface area contributed by atoms with Crippen LogP contribution in [0.1, 0.15) is 61.4 Å². The minimum absolute atomic E-state index is 0.0468. The summed E-state index contributed by atoms with van der Waals surface area (Å²) in [7, 11) is 0. The van der Waals surface area contributed by atoms with Crippen molar-refractivity contribution in [2.24, 2.45) is 11.7 Å². The number of hydrogen-bond acceptors (Lipinski definition) is 8. The molecule has 2 fully saturated rings. The number of hydrogen-bond donors (Lipinski definition) is 5. The van der Waals surface area contributed by atoms with E-state index in [2.05, 4.69) is 4.90 Å². The largest absolute Gasteiger partial charge is 0.490 e. The molecule has 2 aromatic rings. The fraction of sp³-hybridized carbons (Fsp3) is 0.452. The molecule has 1 aliphatic carbocycles. The molecule has 0 amide bonds. The normalized spacial score (nSPS) is 19.1. The fourth-order valence-electron chi connectivity index (χ4n) is 4.93. The third kappa shape index (κ3) is 12.8. The summed E-state index contributed by atoms with van der Waals surface area (Å²) in [6.45, 7) is 3.09. The Morgan fingerprint density at radius 2 is 1.42 bits per heavy atom. The SMILES string of the molecule is CC(=N)C1CCC(Oc2ccc(C(=O)OC[C@H]3CCCN3c3cccc(C(=N)N)c3)cc2)CC1.O=C(O)C(F)(F)F.O=C(O)C(F)(F)F. The molecule has 1 aliphatic heterocycles. The number of carboxylic acids is 2. The van der Waals surface area contributed by atoms with Gasteiger partial charge >= 0.3 is 30.3 Å². The molecule has 0 radical (unpaired) electrons. The summed E-state index contributed by atoms with van der Waals surface area (Å²) in [5, 5.41) is 29.7. The van der Waals surface area contributed by atoms with Crippen molar-refractivity contribution in [3.63, 3.8) is 0 Å². The lowest BCUT2D eigenvalue weighted by molar-refractivity contribution is -0.193. The van der Waals surface area contributed by atoms with E-state index in [1.165, 1.54) is 0 Å². The maximum Gasteiger partial charge on any atom is 0.490 e. The van der Waals surface area contributed by atoms with Crippen LogP contribution in [0.4, 0.5) is 32.0 Å². The first kappa shape index (κ1) is 39.3. The molecule has 1 atom stereocenters. The van der Waals surface area contributed by atoms with Gasteiger partial charge < -0.3 is 35.7 Å². The molecule has 0 bridgehead atoms. The summed E-state index contributed by atoms with van der Waals surface area (Å²) in [4.78, 5) is 32.7. The second kappa shape index (κ2) is 17.4. The number of nitrogen functional groups attached to an aromatic ring is 1. The Morgan fingerprint density at radius 1 is 0.875 bits per heavy atom. The van der Waals surface area contributed by atoms with Gasteiger partial charge in [-0.1, -0.05) is 12.1 Å². The zero-order valence-electron chi connectivity index (χ0n) is 25.7. The summed E-state index contributed by atoms with van der Waals surface area (Å²) in [6, 6.07) is 14.9. The van der Waals surface area contributed by atoms with Gasteiger partial charge in [-0.05, 0) is 87.8 Å². The molecule has 1 saturated heterocycles. The Kier molecular flexibility index (Phi) is 14.2. The van der Waals surface area contributed by atoms with Gasteiger partial charge in [-0.2, -0.15) is 26.3 Å². The first-order chi connectivity index (χ1) is 22.3. The van der Waals surface area contributed by atoms with E-state index < -0.39 is 24.3 Å². The summed E-state index contributed by atoms with van der Waals surface area (Å²) in [5.41, 5.74) is 8.61. The highest BCUT2D eigenvalue weighted by atomic mass is 19.4. The van der Waals surface area contributed by atoms with Gasteiger partial charge in [0.1, 0.15) is 18.2 Å². The Morgan fingerprint density at radius 3 is 1.90 bits per heavy atom. The number of esters is 1. The Balaban J connectivity index is 0.000000479. The predicted octanol–water partition coefficient (Wildman–Crippen LogP) is 6.04. The minimum atomic E-state index is -5.08. The van der Waals surface area contributed by atoms with Crippen LogP contribution >= 0.6 is 0 Å². The van der Waals surface area contributed by atoms with Crippen LogP contribution in [0, 0.1) is 16.7 Å². The summed E-state index contributed by atoms with van der Waals surface area (Å²) in [5.74, 6) is -4.65. The number of alkyl halides is 6. The summed E-state index contributed by atoms with van der Waals surface area (Å²) >= 11 is 0. The highest BCUT2D eigenvalue weighted by Gasteiger charge is 2.39. The van der Waals surface area contributed by atoms with Gasteiger partial charge in [0, 0.05) is 23.5 Å². The third-order valence-corrected chi connectivity index (χ3v) is 7.44. The lowest BCUT2D eigenvalue weighted by Gasteiger charge is -2.28. The Labute approximate surface area is 271 Å². The predicted molar refractivity (Wildman–Crippen MR) is 162 cm³/mol. The van der Waals surface area contributed by atoms with E-state index >= 15 is 0 Å². The Hall–Kier alpha value is -4.83. The molecule has 2 aromatic carbocycles. The van der Waals surface area contributed by atoms with Crippen LogP contribution < -0.4 is 15.4 Å². The van der Waals surface area contributed by atoms with Crippen LogP contribution in [-0.4, -0.2) is 77.3 Å². The number of rotatable bonds is 8. The molecular weight excluding hydrogens is 654 g/mol. The third-order valence-electron chi connectivity index (χ3n) is 7.44. The standard InChI is InChI=1S/C27H34N4O3.2C2HF3O2/c1-18(28)19-7-11-24(12-8-19)34-25-13-9-20(10-14-25)27(32)33-17-23-6-3-15-31(23)22-5-2-4-21(16-22)26(29)30;2*3-2(4,5)1(6)7/h2,4-5,9-10,13-14,16,19,23-24,28H,3,6-8,11-12,15,17H2,1H3,(H3,29,30);2*(H,6,7)/t19?,23-,24?;;/m1../s1. The smallest absolute Gasteiger partial charge is 0.490 e. The van der Waals surface area contributed by atoms with Crippen molar-refractivity contribution in [1.82, 2.24) is 0 Å². The number of carbonyl (C=O) groups excluding carboxylic acids is 1. The summed E-state index contributed by atoms with van der Waals surface area (Å²) in [6.07, 6.45) is -4.11. The number of carbonyl (C=O) groups is 3. The quantitative estimate of drug-likeness (QED) is 0.0953. The van der Waals surface area contributed by atoms with Gasteiger partial charge in [0.25, 0.3) is 0 Å². The van der Waals surface area contributed by atoms with Crippen molar-refractivity contribution >= 4 is 35.1 Å². The average molecular weight is 691 g/mol. The first-order valence-electron chi connectivity index (χ1n) is 14.6. The molecule has 1 saturated carbocycles. The van der Waals surface area contributed by atoms with Crippen LogP contribution in [-0.2, 0) is 14.3 Å². The molecule has 1 heterocycles. The van der Waals surface area contributed by atoms with Crippen molar-refractivity contribution in [3.05, 3.63) is 59.7 Å². The number of nitrogens with zero attached hydrogens (tertiary/aromatic N) is 1. The molecule has 2 aliphatic rings. The van der Waals surface area contributed by atoms with Crippen LogP contribution in [0.5, 0.6) is 5.75 Å². The van der Waals surface area contributed by atoms with Gasteiger partial charge in [-0.15, -0.1) is 0 Å². The second-order valence-corrected chi connectivity index (χ2v) is 11.0. The molecule has 11 nitrogen and oxygen atoms in total. The maximum absolute atomic E-state index is 12.6.